The zero-order valence-corrected chi connectivity index (χ0v) is 24.0. The van der Waals surface area contributed by atoms with E-state index in [-0.39, 0.29) is 11.5 Å². The van der Waals surface area contributed by atoms with Gasteiger partial charge in [0.1, 0.15) is 0 Å². The summed E-state index contributed by atoms with van der Waals surface area (Å²) in [6.07, 6.45) is 18.4. The number of hydrogen-bond acceptors (Lipinski definition) is 2. The Bertz CT molecular complexity index is 872. The van der Waals surface area contributed by atoms with Crippen LogP contribution in [0.4, 0.5) is 0 Å². The molecular formula is C33H54O2. The normalized spacial score (nSPS) is 52.8. The fraction of sp³-hybridized carbons (Fsp3) is 0.879. The van der Waals surface area contributed by atoms with Gasteiger partial charge in [-0.2, -0.15) is 0 Å². The van der Waals surface area contributed by atoms with Crippen LogP contribution in [-0.4, -0.2) is 18.3 Å². The Labute approximate surface area is 216 Å². The average Bonchev–Trinajstić information content (AvgIpc) is 3.17. The highest BCUT2D eigenvalue weighted by molar-refractivity contribution is 5.22. The standard InChI is InChI=1S/C33H54O2/c1-22(2)23-12-18-33(15-9-21-35-8)20-19-31(6)24(28(23)33)10-11-26-30(5)16-14-27(34)29(3,4)25(30)13-17-32(26,31)7/h9,21,23-28,34H,1,10-20H2,2-8H3/b21-9+/t23-,24+,25-,26+,27-,28+,30-,31+,32+,33+/m0/s1. The lowest BCUT2D eigenvalue weighted by Crippen LogP contribution is -2.66. The van der Waals surface area contributed by atoms with E-state index in [9.17, 15) is 5.11 Å². The van der Waals surface area contributed by atoms with Crippen molar-refractivity contribution < 1.29 is 9.84 Å². The number of fused-ring (bicyclic) bond motifs is 7. The lowest BCUT2D eigenvalue weighted by atomic mass is 9.32. The first-order valence-corrected chi connectivity index (χ1v) is 14.9. The second-order valence-corrected chi connectivity index (χ2v) is 15.2. The molecule has 198 valence electrons. The van der Waals surface area contributed by atoms with E-state index in [4.69, 9.17) is 4.74 Å². The molecule has 0 aromatic carbocycles. The fourth-order valence-electron chi connectivity index (χ4n) is 12.0. The van der Waals surface area contributed by atoms with Gasteiger partial charge >= 0.3 is 0 Å². The third-order valence-electron chi connectivity index (χ3n) is 14.0. The molecule has 2 heteroatoms. The smallest absolute Gasteiger partial charge is 0.0784 e. The number of hydrogen-bond donors (Lipinski definition) is 1. The molecule has 0 heterocycles. The molecule has 5 fully saturated rings. The van der Waals surface area contributed by atoms with Gasteiger partial charge in [-0.1, -0.05) is 46.8 Å². The minimum Gasteiger partial charge on any atom is -0.505 e. The van der Waals surface area contributed by atoms with Crippen LogP contribution < -0.4 is 0 Å². The third-order valence-corrected chi connectivity index (χ3v) is 14.0. The summed E-state index contributed by atoms with van der Waals surface area (Å²) in [5.74, 6) is 3.69. The molecule has 5 saturated carbocycles. The average molecular weight is 483 g/mol. The van der Waals surface area contributed by atoms with Crippen LogP contribution in [0, 0.1) is 56.7 Å². The van der Waals surface area contributed by atoms with Crippen LogP contribution in [0.1, 0.15) is 112 Å². The number of ether oxygens (including phenoxy) is 1. The Kier molecular flexibility index (Phi) is 6.19. The molecule has 1 N–H and O–H groups in total. The molecule has 0 aromatic rings. The SMILES string of the molecule is C=C(C)[C@@H]1CC[C@]2(C/C=C/OC)CC[C@]3(C)[C@H](CC[C@@H]4[C@@]5(C)CC[C@H](O)C(C)(C)[C@@H]5CC[C@]43C)[C@@H]12. The summed E-state index contributed by atoms with van der Waals surface area (Å²) in [5, 5.41) is 11.0. The summed E-state index contributed by atoms with van der Waals surface area (Å²) in [4.78, 5) is 0. The lowest BCUT2D eigenvalue weighted by molar-refractivity contribution is -0.247. The first kappa shape index (κ1) is 25.9. The Morgan fingerprint density at radius 2 is 1.63 bits per heavy atom. The molecule has 0 radical (unpaired) electrons. The summed E-state index contributed by atoms with van der Waals surface area (Å²) in [6.45, 7) is 19.7. The summed E-state index contributed by atoms with van der Waals surface area (Å²) in [7, 11) is 1.78. The van der Waals surface area contributed by atoms with Gasteiger partial charge < -0.3 is 9.84 Å². The highest BCUT2D eigenvalue weighted by Gasteiger charge is 2.70. The van der Waals surface area contributed by atoms with Crippen LogP contribution in [-0.2, 0) is 4.74 Å². The van der Waals surface area contributed by atoms with Crippen molar-refractivity contribution in [2.75, 3.05) is 7.11 Å². The molecule has 0 saturated heterocycles. The van der Waals surface area contributed by atoms with E-state index < -0.39 is 0 Å². The van der Waals surface area contributed by atoms with Gasteiger partial charge in [-0.05, 0) is 140 Å². The van der Waals surface area contributed by atoms with Gasteiger partial charge in [0.2, 0.25) is 0 Å². The maximum Gasteiger partial charge on any atom is 0.0784 e. The van der Waals surface area contributed by atoms with Crippen molar-refractivity contribution in [2.45, 2.75) is 118 Å². The molecule has 2 nitrogen and oxygen atoms in total. The zero-order chi connectivity index (χ0) is 25.4. The molecule has 0 aliphatic heterocycles. The second kappa shape index (κ2) is 8.37. The van der Waals surface area contributed by atoms with Crippen molar-refractivity contribution in [3.05, 3.63) is 24.5 Å². The Balaban J connectivity index is 1.53. The maximum atomic E-state index is 11.0. The van der Waals surface area contributed by atoms with Crippen LogP contribution in [0.25, 0.3) is 0 Å². The summed E-state index contributed by atoms with van der Waals surface area (Å²) in [5.41, 5.74) is 3.07. The van der Waals surface area contributed by atoms with E-state index in [1.165, 1.54) is 69.8 Å². The van der Waals surface area contributed by atoms with Crippen molar-refractivity contribution in [1.29, 1.82) is 0 Å². The molecule has 5 rings (SSSR count). The largest absolute Gasteiger partial charge is 0.505 e. The van der Waals surface area contributed by atoms with E-state index in [0.717, 1.165) is 24.2 Å². The number of rotatable bonds is 4. The van der Waals surface area contributed by atoms with Gasteiger partial charge in [0, 0.05) is 0 Å². The van der Waals surface area contributed by atoms with Crippen molar-refractivity contribution in [2.24, 2.45) is 56.7 Å². The van der Waals surface area contributed by atoms with Crippen molar-refractivity contribution in [1.82, 2.24) is 0 Å². The molecule has 0 bridgehead atoms. The third kappa shape index (κ3) is 3.36. The Morgan fingerprint density at radius 1 is 0.886 bits per heavy atom. The van der Waals surface area contributed by atoms with Gasteiger partial charge in [-0.3, -0.25) is 0 Å². The van der Waals surface area contributed by atoms with E-state index in [2.05, 4.69) is 54.2 Å². The summed E-state index contributed by atoms with van der Waals surface area (Å²) < 4.78 is 5.34. The minimum absolute atomic E-state index is 0.0397. The first-order valence-electron chi connectivity index (χ1n) is 14.9. The summed E-state index contributed by atoms with van der Waals surface area (Å²) >= 11 is 0. The van der Waals surface area contributed by atoms with Crippen molar-refractivity contribution >= 4 is 0 Å². The first-order chi connectivity index (χ1) is 16.4. The Hall–Kier alpha value is -0.760. The van der Waals surface area contributed by atoms with Gasteiger partial charge in [0.15, 0.2) is 0 Å². The fourth-order valence-corrected chi connectivity index (χ4v) is 12.0. The molecule has 0 unspecified atom stereocenters. The molecule has 0 amide bonds. The minimum atomic E-state index is -0.137. The predicted octanol–water partition coefficient (Wildman–Crippen LogP) is 8.56. The summed E-state index contributed by atoms with van der Waals surface area (Å²) in [6, 6.07) is 0. The van der Waals surface area contributed by atoms with Gasteiger partial charge in [-0.15, -0.1) is 0 Å². The van der Waals surface area contributed by atoms with Gasteiger partial charge in [0.05, 0.1) is 19.5 Å². The molecule has 35 heavy (non-hydrogen) atoms. The van der Waals surface area contributed by atoms with Crippen LogP contribution in [0.2, 0.25) is 0 Å². The number of methoxy groups -OCH3 is 1. The van der Waals surface area contributed by atoms with E-state index in [1.807, 2.05) is 6.26 Å². The maximum absolute atomic E-state index is 11.0. The number of aliphatic hydroxyl groups is 1. The zero-order valence-electron chi connectivity index (χ0n) is 24.0. The van der Waals surface area contributed by atoms with E-state index in [0.29, 0.717) is 33.5 Å². The monoisotopic (exact) mass is 482 g/mol. The predicted molar refractivity (Wildman–Crippen MR) is 146 cm³/mol. The number of aliphatic hydroxyl groups excluding tert-OH is 1. The topological polar surface area (TPSA) is 29.5 Å². The van der Waals surface area contributed by atoms with E-state index in [1.54, 1.807) is 7.11 Å². The van der Waals surface area contributed by atoms with Crippen LogP contribution in [0.15, 0.2) is 24.5 Å². The van der Waals surface area contributed by atoms with Crippen molar-refractivity contribution in [3.63, 3.8) is 0 Å². The molecule has 5 aliphatic rings. The highest BCUT2D eigenvalue weighted by Crippen LogP contribution is 2.77. The Morgan fingerprint density at radius 3 is 2.31 bits per heavy atom. The van der Waals surface area contributed by atoms with Gasteiger partial charge in [-0.25, -0.2) is 0 Å². The molecule has 5 aliphatic carbocycles. The molecule has 10 atom stereocenters. The van der Waals surface area contributed by atoms with Crippen molar-refractivity contribution in [3.8, 4) is 0 Å². The molecule has 0 aromatic heterocycles. The molecule has 0 spiro atoms. The van der Waals surface area contributed by atoms with Crippen LogP contribution in [0.3, 0.4) is 0 Å². The van der Waals surface area contributed by atoms with Crippen LogP contribution >= 0.6 is 0 Å². The lowest BCUT2D eigenvalue weighted by Gasteiger charge is -2.73. The number of allylic oxidation sites excluding steroid dienone is 2. The quantitative estimate of drug-likeness (QED) is 0.321. The molecular weight excluding hydrogens is 428 g/mol. The van der Waals surface area contributed by atoms with Crippen LogP contribution in [0.5, 0.6) is 0 Å². The second-order valence-electron chi connectivity index (χ2n) is 15.2. The van der Waals surface area contributed by atoms with Gasteiger partial charge in [0.25, 0.3) is 0 Å². The van der Waals surface area contributed by atoms with E-state index >= 15 is 0 Å². The highest BCUT2D eigenvalue weighted by atomic mass is 16.5.